The van der Waals surface area contributed by atoms with Gasteiger partial charge >= 0.3 is 5.97 Å². The van der Waals surface area contributed by atoms with Crippen molar-refractivity contribution in [3.05, 3.63) is 30.1 Å². The number of aliphatic carboxylic acids is 1. The number of aromatic nitrogens is 1. The second-order valence-electron chi connectivity index (χ2n) is 3.34. The fourth-order valence-corrected chi connectivity index (χ4v) is 1.23. The number of likely N-dealkylation sites (N-methyl/N-ethyl adjacent to an activating group) is 1. The minimum absolute atomic E-state index is 0.465. The number of carbonyl (C=O) groups excluding carboxylic acids is 1. The Balaban J connectivity index is 3.24. The molecule has 1 amide bonds. The number of carbonyl (C=O) groups is 2. The van der Waals surface area contributed by atoms with E-state index in [0.717, 1.165) is 4.90 Å². The van der Waals surface area contributed by atoms with Gasteiger partial charge in [-0.2, -0.15) is 0 Å². The molecule has 0 aliphatic heterocycles. The lowest BCUT2D eigenvalue weighted by molar-refractivity contribution is -0.153. The van der Waals surface area contributed by atoms with Crippen molar-refractivity contribution in [2.45, 2.75) is 12.5 Å². The zero-order valence-corrected chi connectivity index (χ0v) is 8.54. The first-order valence-electron chi connectivity index (χ1n) is 4.35. The second-order valence-corrected chi connectivity index (χ2v) is 3.34. The zero-order valence-electron chi connectivity index (χ0n) is 8.54. The summed E-state index contributed by atoms with van der Waals surface area (Å²) in [4.78, 5) is 26.8. The summed E-state index contributed by atoms with van der Waals surface area (Å²) in [5, 5.41) is 9.16. The van der Waals surface area contributed by atoms with E-state index in [1.165, 1.54) is 20.2 Å². The van der Waals surface area contributed by atoms with Gasteiger partial charge < -0.3 is 10.0 Å². The molecular formula is C10H12N2O3. The molecule has 1 atom stereocenters. The average molecular weight is 208 g/mol. The second kappa shape index (κ2) is 4.08. The number of amides is 1. The molecule has 1 unspecified atom stereocenters. The van der Waals surface area contributed by atoms with Gasteiger partial charge in [-0.3, -0.25) is 9.78 Å². The maximum Gasteiger partial charge on any atom is 0.334 e. The van der Waals surface area contributed by atoms with Gasteiger partial charge in [0, 0.05) is 25.0 Å². The predicted molar refractivity (Wildman–Crippen MR) is 53.1 cm³/mol. The Bertz CT molecular complexity index is 366. The first-order valence-corrected chi connectivity index (χ1v) is 4.35. The summed E-state index contributed by atoms with van der Waals surface area (Å²) < 4.78 is 0. The van der Waals surface area contributed by atoms with Crippen LogP contribution in [0.15, 0.2) is 24.5 Å². The minimum Gasteiger partial charge on any atom is -0.479 e. The smallest absolute Gasteiger partial charge is 0.334 e. The first kappa shape index (κ1) is 11.2. The Labute approximate surface area is 87.4 Å². The molecule has 80 valence electrons. The van der Waals surface area contributed by atoms with E-state index in [2.05, 4.69) is 4.98 Å². The highest BCUT2D eigenvalue weighted by Crippen LogP contribution is 2.25. The van der Waals surface area contributed by atoms with E-state index in [1.807, 2.05) is 0 Å². The number of pyridine rings is 1. The summed E-state index contributed by atoms with van der Waals surface area (Å²) in [5.41, 5.74) is -0.914. The van der Waals surface area contributed by atoms with Crippen LogP contribution in [0.4, 0.5) is 0 Å². The van der Waals surface area contributed by atoms with Crippen molar-refractivity contribution in [1.29, 1.82) is 0 Å². The summed E-state index contributed by atoms with van der Waals surface area (Å²) in [6, 6.07) is 3.26. The highest BCUT2D eigenvalue weighted by molar-refractivity contribution is 5.82. The summed E-state index contributed by atoms with van der Waals surface area (Å²) in [6.45, 7) is 1.46. The Morgan fingerprint density at radius 1 is 1.67 bits per heavy atom. The molecule has 0 aliphatic carbocycles. The van der Waals surface area contributed by atoms with Crippen molar-refractivity contribution in [2.75, 3.05) is 7.05 Å². The van der Waals surface area contributed by atoms with Crippen LogP contribution in [-0.4, -0.2) is 34.4 Å². The van der Waals surface area contributed by atoms with Crippen LogP contribution in [0.25, 0.3) is 0 Å². The van der Waals surface area contributed by atoms with Crippen LogP contribution in [0, 0.1) is 0 Å². The van der Waals surface area contributed by atoms with Crippen LogP contribution in [-0.2, 0) is 15.1 Å². The van der Waals surface area contributed by atoms with E-state index in [1.54, 1.807) is 18.3 Å². The summed E-state index contributed by atoms with van der Waals surface area (Å²) in [5.74, 6) is -1.09. The van der Waals surface area contributed by atoms with Gasteiger partial charge in [-0.1, -0.05) is 6.07 Å². The SMILES string of the molecule is CN(C=O)C(C)(C(=O)O)c1cccnc1. The number of hydrogen-bond acceptors (Lipinski definition) is 3. The van der Waals surface area contributed by atoms with Gasteiger partial charge in [0.25, 0.3) is 0 Å². The topological polar surface area (TPSA) is 70.5 Å². The maximum atomic E-state index is 11.2. The predicted octanol–water partition coefficient (Wildman–Crippen LogP) is 0.470. The molecule has 1 heterocycles. The molecule has 0 bridgehead atoms. The van der Waals surface area contributed by atoms with Crippen LogP contribution < -0.4 is 0 Å². The normalized spacial score (nSPS) is 14.0. The van der Waals surface area contributed by atoms with Crippen LogP contribution in [0.1, 0.15) is 12.5 Å². The van der Waals surface area contributed by atoms with Crippen molar-refractivity contribution in [2.24, 2.45) is 0 Å². The minimum atomic E-state index is -1.38. The number of carboxylic acid groups (broad SMARTS) is 1. The van der Waals surface area contributed by atoms with E-state index < -0.39 is 11.5 Å². The van der Waals surface area contributed by atoms with Gasteiger partial charge in [-0.15, -0.1) is 0 Å². The van der Waals surface area contributed by atoms with E-state index in [9.17, 15) is 9.59 Å². The lowest BCUT2D eigenvalue weighted by atomic mass is 9.92. The molecule has 15 heavy (non-hydrogen) atoms. The third-order valence-corrected chi connectivity index (χ3v) is 2.50. The third-order valence-electron chi connectivity index (χ3n) is 2.50. The molecule has 0 radical (unpaired) electrons. The summed E-state index contributed by atoms with van der Waals surface area (Å²) >= 11 is 0. The molecule has 1 N–H and O–H groups in total. The van der Waals surface area contributed by atoms with Gasteiger partial charge in [0.1, 0.15) is 0 Å². The van der Waals surface area contributed by atoms with Crippen molar-refractivity contribution in [1.82, 2.24) is 9.88 Å². The zero-order chi connectivity index (χ0) is 11.5. The summed E-state index contributed by atoms with van der Waals surface area (Å²) in [6.07, 6.45) is 3.47. The lowest BCUT2D eigenvalue weighted by Gasteiger charge is -2.32. The molecule has 0 spiro atoms. The van der Waals surface area contributed by atoms with Gasteiger partial charge in [-0.05, 0) is 13.0 Å². The molecule has 0 fully saturated rings. The van der Waals surface area contributed by atoms with E-state index >= 15 is 0 Å². The molecule has 0 saturated heterocycles. The maximum absolute atomic E-state index is 11.2. The largest absolute Gasteiger partial charge is 0.479 e. The van der Waals surface area contributed by atoms with Crippen molar-refractivity contribution >= 4 is 12.4 Å². The number of nitrogens with zero attached hydrogens (tertiary/aromatic N) is 2. The fraction of sp³-hybridized carbons (Fsp3) is 0.300. The summed E-state index contributed by atoms with van der Waals surface area (Å²) in [7, 11) is 1.42. The molecule has 1 aromatic heterocycles. The van der Waals surface area contributed by atoms with Gasteiger partial charge in [0.15, 0.2) is 5.54 Å². The monoisotopic (exact) mass is 208 g/mol. The highest BCUT2D eigenvalue weighted by Gasteiger charge is 2.39. The molecule has 1 rings (SSSR count). The van der Waals surface area contributed by atoms with E-state index in [4.69, 9.17) is 5.11 Å². The Hall–Kier alpha value is -1.91. The molecule has 1 aromatic rings. The van der Waals surface area contributed by atoms with Gasteiger partial charge in [0.2, 0.25) is 6.41 Å². The quantitative estimate of drug-likeness (QED) is 0.730. The third kappa shape index (κ3) is 1.81. The van der Waals surface area contributed by atoms with Crippen LogP contribution in [0.2, 0.25) is 0 Å². The van der Waals surface area contributed by atoms with Crippen LogP contribution in [0.3, 0.4) is 0 Å². The molecule has 5 heteroatoms. The van der Waals surface area contributed by atoms with Gasteiger partial charge in [0.05, 0.1) is 0 Å². The molecule has 0 aromatic carbocycles. The molecule has 0 saturated carbocycles. The Kier molecular flexibility index (Phi) is 3.04. The standard InChI is InChI=1S/C10H12N2O3/c1-10(9(14)15,12(2)7-13)8-4-3-5-11-6-8/h3-7H,1-2H3,(H,14,15). The highest BCUT2D eigenvalue weighted by atomic mass is 16.4. The lowest BCUT2D eigenvalue weighted by Crippen LogP contribution is -2.47. The molecular weight excluding hydrogens is 196 g/mol. The molecule has 5 nitrogen and oxygen atoms in total. The fourth-order valence-electron chi connectivity index (χ4n) is 1.23. The molecule has 0 aliphatic rings. The van der Waals surface area contributed by atoms with E-state index in [0.29, 0.717) is 12.0 Å². The van der Waals surface area contributed by atoms with Crippen molar-refractivity contribution < 1.29 is 14.7 Å². The number of rotatable bonds is 4. The number of hydrogen-bond donors (Lipinski definition) is 1. The average Bonchev–Trinajstić information content (AvgIpc) is 2.27. The number of carboxylic acids is 1. The first-order chi connectivity index (χ1) is 7.03. The van der Waals surface area contributed by atoms with Crippen LogP contribution >= 0.6 is 0 Å². The van der Waals surface area contributed by atoms with Crippen LogP contribution in [0.5, 0.6) is 0 Å². The Morgan fingerprint density at radius 3 is 2.73 bits per heavy atom. The van der Waals surface area contributed by atoms with Crippen molar-refractivity contribution in [3.63, 3.8) is 0 Å². The van der Waals surface area contributed by atoms with Gasteiger partial charge in [-0.25, -0.2) is 4.79 Å². The van der Waals surface area contributed by atoms with E-state index in [-0.39, 0.29) is 0 Å². The van der Waals surface area contributed by atoms with Crippen molar-refractivity contribution in [3.8, 4) is 0 Å². The Morgan fingerprint density at radius 2 is 2.33 bits per heavy atom.